The Morgan fingerprint density at radius 3 is 2.15 bits per heavy atom. The van der Waals surface area contributed by atoms with Crippen molar-refractivity contribution in [2.45, 2.75) is 46.2 Å². The van der Waals surface area contributed by atoms with Crippen molar-refractivity contribution >= 4 is 5.91 Å². The number of amides is 1. The van der Waals surface area contributed by atoms with Gasteiger partial charge in [-0.25, -0.2) is 0 Å². The summed E-state index contributed by atoms with van der Waals surface area (Å²) in [5, 5.41) is 0. The van der Waals surface area contributed by atoms with E-state index in [2.05, 4.69) is 6.92 Å². The van der Waals surface area contributed by atoms with Crippen LogP contribution >= 0.6 is 0 Å². The predicted molar refractivity (Wildman–Crippen MR) is 55.3 cm³/mol. The fourth-order valence-electron chi connectivity index (χ4n) is 1.01. The van der Waals surface area contributed by atoms with Crippen molar-refractivity contribution in [2.75, 3.05) is 7.05 Å². The average molecular weight is 186 g/mol. The smallest absolute Gasteiger partial charge is 0.239 e. The highest BCUT2D eigenvalue weighted by molar-refractivity contribution is 5.81. The number of hydrogen-bond donors (Lipinski definition) is 1. The second kappa shape index (κ2) is 5.22. The molecular formula is C10H22N2O. The SMILES string of the molecule is CCC(C)N(C)C(=O)[C@H](N)C(C)C. The monoisotopic (exact) mass is 186 g/mol. The largest absolute Gasteiger partial charge is 0.342 e. The van der Waals surface area contributed by atoms with Crippen molar-refractivity contribution in [1.29, 1.82) is 0 Å². The minimum absolute atomic E-state index is 0.0457. The van der Waals surface area contributed by atoms with Crippen molar-refractivity contribution in [3.05, 3.63) is 0 Å². The zero-order valence-electron chi connectivity index (χ0n) is 9.37. The Kier molecular flexibility index (Phi) is 4.99. The van der Waals surface area contributed by atoms with Crippen LogP contribution in [-0.2, 0) is 4.79 Å². The summed E-state index contributed by atoms with van der Waals surface area (Å²) in [6, 6.07) is -0.0868. The Bertz CT molecular complexity index is 168. The molecule has 0 spiro atoms. The van der Waals surface area contributed by atoms with Crippen molar-refractivity contribution in [3.63, 3.8) is 0 Å². The summed E-state index contributed by atoms with van der Waals surface area (Å²) < 4.78 is 0. The zero-order chi connectivity index (χ0) is 10.6. The lowest BCUT2D eigenvalue weighted by Crippen LogP contribution is -2.47. The van der Waals surface area contributed by atoms with Crippen molar-refractivity contribution < 1.29 is 4.79 Å². The standard InChI is InChI=1S/C10H22N2O/c1-6-8(4)12(5)10(13)9(11)7(2)3/h7-9H,6,11H2,1-5H3/t8?,9-/m1/s1. The molecule has 0 saturated carbocycles. The molecule has 0 aromatic rings. The summed E-state index contributed by atoms with van der Waals surface area (Å²) in [4.78, 5) is 13.4. The van der Waals surface area contributed by atoms with E-state index in [0.717, 1.165) is 6.42 Å². The maximum Gasteiger partial charge on any atom is 0.239 e. The van der Waals surface area contributed by atoms with Gasteiger partial charge in [0.2, 0.25) is 5.91 Å². The molecule has 0 aliphatic rings. The lowest BCUT2D eigenvalue weighted by molar-refractivity contribution is -0.134. The molecule has 78 valence electrons. The van der Waals surface area contributed by atoms with Crippen LogP contribution < -0.4 is 5.73 Å². The van der Waals surface area contributed by atoms with E-state index in [-0.39, 0.29) is 23.9 Å². The number of rotatable bonds is 4. The Labute approximate surface area is 81.3 Å². The summed E-state index contributed by atoms with van der Waals surface area (Å²) in [5.74, 6) is 0.253. The van der Waals surface area contributed by atoms with Crippen LogP contribution in [0.25, 0.3) is 0 Å². The molecule has 0 radical (unpaired) electrons. The second-order valence-corrected chi connectivity index (χ2v) is 3.98. The number of likely N-dealkylation sites (N-methyl/N-ethyl adjacent to an activating group) is 1. The fourth-order valence-corrected chi connectivity index (χ4v) is 1.01. The minimum atomic E-state index is -0.362. The summed E-state index contributed by atoms with van der Waals surface area (Å²) in [7, 11) is 1.82. The summed E-state index contributed by atoms with van der Waals surface area (Å²) in [6.45, 7) is 8.03. The Balaban J connectivity index is 4.25. The van der Waals surface area contributed by atoms with Gasteiger partial charge in [0.25, 0.3) is 0 Å². The van der Waals surface area contributed by atoms with Gasteiger partial charge in [0.15, 0.2) is 0 Å². The molecule has 0 bridgehead atoms. The quantitative estimate of drug-likeness (QED) is 0.717. The summed E-state index contributed by atoms with van der Waals surface area (Å²) in [5.41, 5.74) is 5.76. The van der Waals surface area contributed by atoms with Gasteiger partial charge in [0, 0.05) is 13.1 Å². The zero-order valence-corrected chi connectivity index (χ0v) is 9.37. The van der Waals surface area contributed by atoms with Crippen LogP contribution in [0.1, 0.15) is 34.1 Å². The van der Waals surface area contributed by atoms with Crippen LogP contribution in [0.5, 0.6) is 0 Å². The first-order valence-corrected chi connectivity index (χ1v) is 4.94. The van der Waals surface area contributed by atoms with Crippen molar-refractivity contribution in [3.8, 4) is 0 Å². The molecule has 1 unspecified atom stereocenters. The van der Waals surface area contributed by atoms with Gasteiger partial charge >= 0.3 is 0 Å². The Morgan fingerprint density at radius 2 is 1.85 bits per heavy atom. The van der Waals surface area contributed by atoms with Gasteiger partial charge in [-0.3, -0.25) is 4.79 Å². The third-order valence-corrected chi connectivity index (χ3v) is 2.60. The molecule has 0 aromatic carbocycles. The van der Waals surface area contributed by atoms with Gasteiger partial charge < -0.3 is 10.6 Å². The van der Waals surface area contributed by atoms with E-state index in [4.69, 9.17) is 5.73 Å². The van der Waals surface area contributed by atoms with E-state index in [1.807, 2.05) is 27.8 Å². The predicted octanol–water partition coefficient (Wildman–Crippen LogP) is 1.23. The number of carbonyl (C=O) groups is 1. The highest BCUT2D eigenvalue weighted by Gasteiger charge is 2.23. The molecule has 0 heterocycles. The third-order valence-electron chi connectivity index (χ3n) is 2.60. The second-order valence-electron chi connectivity index (χ2n) is 3.98. The molecule has 13 heavy (non-hydrogen) atoms. The molecule has 0 rings (SSSR count). The molecule has 2 N–H and O–H groups in total. The number of nitrogens with two attached hydrogens (primary N) is 1. The van der Waals surface area contributed by atoms with Crippen molar-refractivity contribution in [1.82, 2.24) is 4.90 Å². The molecule has 0 aromatic heterocycles. The van der Waals surface area contributed by atoms with E-state index in [1.165, 1.54) is 0 Å². The van der Waals surface area contributed by atoms with E-state index in [1.54, 1.807) is 4.90 Å². The minimum Gasteiger partial charge on any atom is -0.342 e. The van der Waals surface area contributed by atoms with Crippen molar-refractivity contribution in [2.24, 2.45) is 11.7 Å². The van der Waals surface area contributed by atoms with Gasteiger partial charge in [0.1, 0.15) is 0 Å². The van der Waals surface area contributed by atoms with Gasteiger partial charge in [0.05, 0.1) is 6.04 Å². The average Bonchev–Trinajstić information content (AvgIpc) is 2.12. The highest BCUT2D eigenvalue weighted by Crippen LogP contribution is 2.06. The first kappa shape index (κ1) is 12.4. The third kappa shape index (κ3) is 3.35. The molecule has 0 aliphatic carbocycles. The van der Waals surface area contributed by atoms with E-state index in [9.17, 15) is 4.79 Å². The topological polar surface area (TPSA) is 46.3 Å². The van der Waals surface area contributed by atoms with Gasteiger partial charge in [-0.15, -0.1) is 0 Å². The van der Waals surface area contributed by atoms with Crippen LogP contribution in [0.2, 0.25) is 0 Å². The molecular weight excluding hydrogens is 164 g/mol. The molecule has 3 nitrogen and oxygen atoms in total. The summed E-state index contributed by atoms with van der Waals surface area (Å²) in [6.07, 6.45) is 0.965. The molecule has 3 heteroatoms. The fraction of sp³-hybridized carbons (Fsp3) is 0.900. The molecule has 0 aliphatic heterocycles. The maximum atomic E-state index is 11.7. The Hall–Kier alpha value is -0.570. The van der Waals surface area contributed by atoms with Crippen LogP contribution in [0.3, 0.4) is 0 Å². The Morgan fingerprint density at radius 1 is 1.38 bits per heavy atom. The van der Waals surface area contributed by atoms with E-state index >= 15 is 0 Å². The van der Waals surface area contributed by atoms with E-state index < -0.39 is 0 Å². The number of nitrogens with zero attached hydrogens (tertiary/aromatic N) is 1. The van der Waals surface area contributed by atoms with Crippen LogP contribution in [0.15, 0.2) is 0 Å². The summed E-state index contributed by atoms with van der Waals surface area (Å²) >= 11 is 0. The number of hydrogen-bond acceptors (Lipinski definition) is 2. The normalized spacial score (nSPS) is 15.6. The molecule has 1 amide bonds. The first-order valence-electron chi connectivity index (χ1n) is 4.94. The van der Waals surface area contributed by atoms with Crippen LogP contribution in [0.4, 0.5) is 0 Å². The lowest BCUT2D eigenvalue weighted by Gasteiger charge is -2.28. The highest BCUT2D eigenvalue weighted by atomic mass is 16.2. The van der Waals surface area contributed by atoms with Crippen LogP contribution in [0, 0.1) is 5.92 Å². The first-order chi connectivity index (χ1) is 5.91. The molecule has 0 saturated heterocycles. The molecule has 2 atom stereocenters. The van der Waals surface area contributed by atoms with Gasteiger partial charge in [-0.05, 0) is 19.3 Å². The van der Waals surface area contributed by atoms with Crippen LogP contribution in [-0.4, -0.2) is 29.9 Å². The van der Waals surface area contributed by atoms with Gasteiger partial charge in [-0.2, -0.15) is 0 Å². The van der Waals surface area contributed by atoms with Gasteiger partial charge in [-0.1, -0.05) is 20.8 Å². The lowest BCUT2D eigenvalue weighted by atomic mass is 10.0. The maximum absolute atomic E-state index is 11.7. The number of carbonyl (C=O) groups excluding carboxylic acids is 1. The van der Waals surface area contributed by atoms with E-state index in [0.29, 0.717) is 0 Å². The molecule has 0 fully saturated rings.